The summed E-state index contributed by atoms with van der Waals surface area (Å²) < 4.78 is 16.6. The maximum absolute atomic E-state index is 12.7. The van der Waals surface area contributed by atoms with E-state index in [9.17, 15) is 9.59 Å². The molecular weight excluding hydrogens is 348 g/mol. The highest BCUT2D eigenvalue weighted by Crippen LogP contribution is 2.52. The van der Waals surface area contributed by atoms with Crippen LogP contribution < -0.4 is 20.1 Å². The molecule has 1 aliphatic heterocycles. The van der Waals surface area contributed by atoms with Crippen molar-refractivity contribution in [3.05, 3.63) is 23.8 Å². The van der Waals surface area contributed by atoms with Gasteiger partial charge < -0.3 is 24.8 Å². The zero-order valence-corrected chi connectivity index (χ0v) is 15.7. The average Bonchev–Trinajstić information content (AvgIpc) is 2.67. The van der Waals surface area contributed by atoms with E-state index in [1.807, 2.05) is 0 Å². The van der Waals surface area contributed by atoms with Crippen molar-refractivity contribution in [2.45, 2.75) is 31.4 Å². The first-order valence-corrected chi connectivity index (χ1v) is 9.52. The van der Waals surface area contributed by atoms with Crippen LogP contribution in [0.4, 0.5) is 0 Å². The van der Waals surface area contributed by atoms with E-state index in [4.69, 9.17) is 14.2 Å². The van der Waals surface area contributed by atoms with E-state index >= 15 is 0 Å². The molecule has 1 spiro atoms. The molecule has 2 bridgehead atoms. The summed E-state index contributed by atoms with van der Waals surface area (Å²) in [5, 5.41) is 6.08. The number of fused-ring (bicyclic) bond motifs is 3. The first kappa shape index (κ1) is 18.1. The van der Waals surface area contributed by atoms with Gasteiger partial charge in [-0.3, -0.25) is 9.59 Å². The molecule has 0 aromatic heterocycles. The second-order valence-corrected chi connectivity index (χ2v) is 7.67. The lowest BCUT2D eigenvalue weighted by molar-refractivity contribution is -0.146. The Hall–Kier alpha value is -2.28. The van der Waals surface area contributed by atoms with Crippen LogP contribution in [0.1, 0.15) is 36.0 Å². The molecule has 2 N–H and O–H groups in total. The molecule has 1 heterocycles. The van der Waals surface area contributed by atoms with Gasteiger partial charge in [-0.25, -0.2) is 0 Å². The SMILES string of the molecule is COCCNC(=O)C1CC2CCC1CC21NC(=O)c2ccc(OC)cc2O1. The van der Waals surface area contributed by atoms with Gasteiger partial charge in [0.2, 0.25) is 5.91 Å². The molecule has 1 aromatic rings. The summed E-state index contributed by atoms with van der Waals surface area (Å²) in [5.41, 5.74) is -0.195. The van der Waals surface area contributed by atoms with Crippen LogP contribution >= 0.6 is 0 Å². The smallest absolute Gasteiger partial charge is 0.258 e. The van der Waals surface area contributed by atoms with E-state index in [1.165, 1.54) is 0 Å². The molecule has 3 aliphatic carbocycles. The highest BCUT2D eigenvalue weighted by atomic mass is 16.5. The molecule has 4 atom stereocenters. The summed E-state index contributed by atoms with van der Waals surface area (Å²) in [5.74, 6) is 1.47. The zero-order chi connectivity index (χ0) is 19.0. The van der Waals surface area contributed by atoms with Gasteiger partial charge in [-0.1, -0.05) is 0 Å². The number of rotatable bonds is 5. The van der Waals surface area contributed by atoms with Crippen LogP contribution in [-0.4, -0.2) is 44.9 Å². The molecular formula is C20H26N2O5. The predicted molar refractivity (Wildman–Crippen MR) is 97.6 cm³/mol. The van der Waals surface area contributed by atoms with Crippen LogP contribution in [0, 0.1) is 17.8 Å². The quantitative estimate of drug-likeness (QED) is 0.767. The van der Waals surface area contributed by atoms with E-state index in [-0.39, 0.29) is 29.6 Å². The second-order valence-electron chi connectivity index (χ2n) is 7.67. The standard InChI is InChI=1S/C20H26N2O5/c1-25-8-7-21-18(23)16-9-13-4-3-12(16)11-20(13)22-19(24)15-6-5-14(26-2)10-17(15)27-20/h5-6,10,12-13,16H,3-4,7-9,11H2,1-2H3,(H,21,23)(H,22,24). The van der Waals surface area contributed by atoms with Gasteiger partial charge in [-0.15, -0.1) is 0 Å². The predicted octanol–water partition coefficient (Wildman–Crippen LogP) is 1.71. The Morgan fingerprint density at radius 1 is 1.37 bits per heavy atom. The lowest BCUT2D eigenvalue weighted by Gasteiger charge is -2.55. The molecule has 4 unspecified atom stereocenters. The van der Waals surface area contributed by atoms with Crippen molar-refractivity contribution >= 4 is 11.8 Å². The number of hydrogen-bond acceptors (Lipinski definition) is 5. The normalized spacial score (nSPS) is 31.0. The maximum atomic E-state index is 12.7. The molecule has 7 heteroatoms. The van der Waals surface area contributed by atoms with Crippen LogP contribution in [-0.2, 0) is 9.53 Å². The summed E-state index contributed by atoms with van der Waals surface area (Å²) in [6.07, 6.45) is 3.32. The fourth-order valence-corrected chi connectivity index (χ4v) is 4.85. The number of carbonyl (C=O) groups excluding carboxylic acids is 2. The number of methoxy groups -OCH3 is 2. The first-order chi connectivity index (χ1) is 13.1. The molecule has 3 fully saturated rings. The highest BCUT2D eigenvalue weighted by molar-refractivity contribution is 5.98. The van der Waals surface area contributed by atoms with Gasteiger partial charge in [0, 0.05) is 38.0 Å². The number of carbonyl (C=O) groups is 2. The molecule has 0 saturated heterocycles. The topological polar surface area (TPSA) is 85.9 Å². The van der Waals surface area contributed by atoms with Crippen molar-refractivity contribution in [2.24, 2.45) is 17.8 Å². The van der Waals surface area contributed by atoms with Gasteiger partial charge in [0.05, 0.1) is 19.3 Å². The van der Waals surface area contributed by atoms with Gasteiger partial charge in [0.1, 0.15) is 11.5 Å². The van der Waals surface area contributed by atoms with Crippen LogP contribution in [0.15, 0.2) is 18.2 Å². The number of ether oxygens (including phenoxy) is 3. The molecule has 146 valence electrons. The van der Waals surface area contributed by atoms with Crippen LogP contribution in [0.2, 0.25) is 0 Å². The van der Waals surface area contributed by atoms with E-state index < -0.39 is 5.72 Å². The Morgan fingerprint density at radius 3 is 2.93 bits per heavy atom. The Labute approximate surface area is 158 Å². The van der Waals surface area contributed by atoms with Gasteiger partial charge >= 0.3 is 0 Å². The van der Waals surface area contributed by atoms with E-state index in [1.54, 1.807) is 32.4 Å². The molecule has 0 radical (unpaired) electrons. The fourth-order valence-electron chi connectivity index (χ4n) is 4.85. The van der Waals surface area contributed by atoms with Crippen molar-refractivity contribution in [2.75, 3.05) is 27.4 Å². The minimum absolute atomic E-state index is 0.0292. The minimum Gasteiger partial charge on any atom is -0.497 e. The van der Waals surface area contributed by atoms with Crippen molar-refractivity contribution < 1.29 is 23.8 Å². The Morgan fingerprint density at radius 2 is 2.22 bits per heavy atom. The number of nitrogens with one attached hydrogen (secondary N) is 2. The number of amides is 2. The third-order valence-corrected chi connectivity index (χ3v) is 6.21. The lowest BCUT2D eigenvalue weighted by Crippen LogP contribution is -2.67. The Bertz CT molecular complexity index is 752. The largest absolute Gasteiger partial charge is 0.497 e. The Kier molecular flexibility index (Phi) is 4.72. The lowest BCUT2D eigenvalue weighted by atomic mass is 9.60. The molecule has 27 heavy (non-hydrogen) atoms. The molecule has 7 nitrogen and oxygen atoms in total. The maximum Gasteiger partial charge on any atom is 0.258 e. The minimum atomic E-state index is -0.720. The van der Waals surface area contributed by atoms with E-state index in [0.717, 1.165) is 19.3 Å². The third-order valence-electron chi connectivity index (χ3n) is 6.21. The van der Waals surface area contributed by atoms with Crippen LogP contribution in [0.5, 0.6) is 11.5 Å². The summed E-state index contributed by atoms with van der Waals surface area (Å²) in [6.45, 7) is 1.03. The number of hydrogen-bond donors (Lipinski definition) is 2. The average molecular weight is 374 g/mol. The van der Waals surface area contributed by atoms with Crippen LogP contribution in [0.3, 0.4) is 0 Å². The molecule has 2 amide bonds. The van der Waals surface area contributed by atoms with E-state index in [0.29, 0.717) is 36.6 Å². The third kappa shape index (κ3) is 3.14. The van der Waals surface area contributed by atoms with Gasteiger partial charge in [-0.05, 0) is 37.3 Å². The van der Waals surface area contributed by atoms with Crippen molar-refractivity contribution in [1.82, 2.24) is 10.6 Å². The van der Waals surface area contributed by atoms with E-state index in [2.05, 4.69) is 10.6 Å². The molecule has 4 aliphatic rings. The highest BCUT2D eigenvalue weighted by Gasteiger charge is 2.57. The van der Waals surface area contributed by atoms with Gasteiger partial charge in [0.15, 0.2) is 5.72 Å². The number of benzene rings is 1. The Balaban J connectivity index is 1.53. The van der Waals surface area contributed by atoms with Crippen molar-refractivity contribution in [1.29, 1.82) is 0 Å². The van der Waals surface area contributed by atoms with Crippen molar-refractivity contribution in [3.63, 3.8) is 0 Å². The molecule has 1 aromatic carbocycles. The second kappa shape index (κ2) is 7.03. The summed E-state index contributed by atoms with van der Waals surface area (Å²) in [6, 6.07) is 5.25. The fraction of sp³-hybridized carbons (Fsp3) is 0.600. The summed E-state index contributed by atoms with van der Waals surface area (Å²) in [7, 11) is 3.21. The summed E-state index contributed by atoms with van der Waals surface area (Å²) in [4.78, 5) is 25.3. The van der Waals surface area contributed by atoms with Crippen molar-refractivity contribution in [3.8, 4) is 11.5 Å². The first-order valence-electron chi connectivity index (χ1n) is 9.52. The summed E-state index contributed by atoms with van der Waals surface area (Å²) >= 11 is 0. The van der Waals surface area contributed by atoms with Crippen LogP contribution in [0.25, 0.3) is 0 Å². The molecule has 3 saturated carbocycles. The molecule has 5 rings (SSSR count). The zero-order valence-electron chi connectivity index (χ0n) is 15.7. The van der Waals surface area contributed by atoms with Gasteiger partial charge in [-0.2, -0.15) is 0 Å². The monoisotopic (exact) mass is 374 g/mol. The van der Waals surface area contributed by atoms with Gasteiger partial charge in [0.25, 0.3) is 5.91 Å².